The zero-order valence-electron chi connectivity index (χ0n) is 27.4. The lowest BCUT2D eigenvalue weighted by atomic mass is 9.96. The molecule has 2 heterocycles. The van der Waals surface area contributed by atoms with E-state index in [-0.39, 0.29) is 23.9 Å². The largest absolute Gasteiger partial charge is 0.327 e. The van der Waals surface area contributed by atoms with Crippen molar-refractivity contribution in [3.05, 3.63) is 179 Å². The van der Waals surface area contributed by atoms with E-state index < -0.39 is 0 Å². The van der Waals surface area contributed by atoms with Crippen molar-refractivity contribution in [2.24, 2.45) is 0 Å². The maximum absolute atomic E-state index is 14.0. The van der Waals surface area contributed by atoms with Crippen molar-refractivity contribution in [2.45, 2.75) is 12.1 Å². The van der Waals surface area contributed by atoms with Crippen molar-refractivity contribution in [1.82, 2.24) is 9.80 Å². The van der Waals surface area contributed by atoms with Gasteiger partial charge in [-0.3, -0.25) is 9.59 Å². The van der Waals surface area contributed by atoms with Crippen LogP contribution in [0.4, 0.5) is 0 Å². The molecule has 2 N–H and O–H groups in total. The Hall–Kier alpha value is -5.04. The average Bonchev–Trinajstić information content (AvgIpc) is 3.17. The fraction of sp³-hybridized carbons (Fsp3) is 0.238. The second-order valence-corrected chi connectivity index (χ2v) is 13.0. The number of piperazine rings is 2. The standard InChI is InChI=1S/C42H42N4O2/c47-41(45-29-25-43(26-30-45)39(33-15-5-1-6-16-33)34-17-7-2-8-18-34)37-23-13-14-24-38(37)42(48)46-31-27-44(28-32-46)40(35-19-9-3-10-20-35)36-21-11-4-12-22-36/h1-24,39-40H,25-32H2/p+2. The van der Waals surface area contributed by atoms with Gasteiger partial charge in [-0.25, -0.2) is 0 Å². The second-order valence-electron chi connectivity index (χ2n) is 13.0. The van der Waals surface area contributed by atoms with E-state index in [4.69, 9.17) is 0 Å². The van der Waals surface area contributed by atoms with Crippen molar-refractivity contribution in [1.29, 1.82) is 0 Å². The Morgan fingerprint density at radius 3 is 0.917 bits per heavy atom. The van der Waals surface area contributed by atoms with Gasteiger partial charge in [0, 0.05) is 22.3 Å². The first kappa shape index (κ1) is 31.6. The highest BCUT2D eigenvalue weighted by Gasteiger charge is 2.35. The summed E-state index contributed by atoms with van der Waals surface area (Å²) in [6, 6.07) is 50.5. The fourth-order valence-electron chi connectivity index (χ4n) is 7.68. The van der Waals surface area contributed by atoms with Gasteiger partial charge < -0.3 is 19.6 Å². The lowest BCUT2D eigenvalue weighted by Gasteiger charge is -2.38. The third-order valence-corrected chi connectivity index (χ3v) is 10.1. The molecule has 0 atom stereocenters. The summed E-state index contributed by atoms with van der Waals surface area (Å²) in [5, 5.41) is 0. The summed E-state index contributed by atoms with van der Waals surface area (Å²) in [5.41, 5.74) is 6.17. The van der Waals surface area contributed by atoms with E-state index in [1.807, 2.05) is 34.1 Å². The first-order valence-electron chi connectivity index (χ1n) is 17.2. The summed E-state index contributed by atoms with van der Waals surface area (Å²) in [4.78, 5) is 34.8. The van der Waals surface area contributed by atoms with Crippen LogP contribution in [0.3, 0.4) is 0 Å². The number of rotatable bonds is 8. The van der Waals surface area contributed by atoms with E-state index in [9.17, 15) is 9.59 Å². The Morgan fingerprint density at radius 2 is 0.646 bits per heavy atom. The van der Waals surface area contributed by atoms with Crippen LogP contribution in [0.15, 0.2) is 146 Å². The minimum absolute atomic E-state index is 0.0496. The highest BCUT2D eigenvalue weighted by atomic mass is 16.2. The predicted octanol–water partition coefficient (Wildman–Crippen LogP) is 3.95. The van der Waals surface area contributed by atoms with Crippen molar-refractivity contribution >= 4 is 11.8 Å². The van der Waals surface area contributed by atoms with Gasteiger partial charge in [0.25, 0.3) is 11.8 Å². The van der Waals surface area contributed by atoms with E-state index in [1.165, 1.54) is 32.1 Å². The summed E-state index contributed by atoms with van der Waals surface area (Å²) < 4.78 is 0. The van der Waals surface area contributed by atoms with Crippen molar-refractivity contribution in [2.75, 3.05) is 52.4 Å². The Bertz CT molecular complexity index is 1570. The minimum atomic E-state index is -0.0496. The number of nitrogens with zero attached hydrogens (tertiary/aromatic N) is 2. The summed E-state index contributed by atoms with van der Waals surface area (Å²) in [6.07, 6.45) is 0. The number of carbonyl (C=O) groups excluding carboxylic acids is 2. The predicted molar refractivity (Wildman–Crippen MR) is 189 cm³/mol. The normalized spacial score (nSPS) is 16.0. The van der Waals surface area contributed by atoms with Gasteiger partial charge in [0.1, 0.15) is 12.1 Å². The number of amides is 2. The average molecular weight is 637 g/mol. The molecule has 0 spiro atoms. The van der Waals surface area contributed by atoms with Gasteiger partial charge in [0.05, 0.1) is 63.5 Å². The van der Waals surface area contributed by atoms with Gasteiger partial charge in [0.15, 0.2) is 0 Å². The monoisotopic (exact) mass is 636 g/mol. The molecule has 242 valence electrons. The molecule has 0 saturated carbocycles. The fourth-order valence-corrected chi connectivity index (χ4v) is 7.68. The van der Waals surface area contributed by atoms with Gasteiger partial charge in [0.2, 0.25) is 0 Å². The first-order chi connectivity index (χ1) is 23.7. The Labute approximate surface area is 283 Å². The number of nitrogens with one attached hydrogen (secondary N) is 2. The first-order valence-corrected chi connectivity index (χ1v) is 17.2. The van der Waals surface area contributed by atoms with Crippen LogP contribution in [0.25, 0.3) is 0 Å². The van der Waals surface area contributed by atoms with Gasteiger partial charge in [-0.1, -0.05) is 133 Å². The molecule has 2 amide bonds. The molecule has 0 aliphatic carbocycles. The minimum Gasteiger partial charge on any atom is -0.327 e. The van der Waals surface area contributed by atoms with Crippen LogP contribution in [-0.4, -0.2) is 74.0 Å². The molecule has 0 unspecified atom stereocenters. The van der Waals surface area contributed by atoms with Crippen LogP contribution in [0.1, 0.15) is 55.1 Å². The SMILES string of the molecule is O=C(c1ccccc1C(=O)N1CC[NH+](C(c2ccccc2)c2ccccc2)CC1)N1CC[NH+](C(c2ccccc2)c2ccccc2)CC1. The highest BCUT2D eigenvalue weighted by molar-refractivity contribution is 6.07. The zero-order valence-corrected chi connectivity index (χ0v) is 27.4. The maximum Gasteiger partial charge on any atom is 0.255 e. The van der Waals surface area contributed by atoms with E-state index in [1.54, 1.807) is 0 Å². The molecular formula is C42H44N4O2+2. The topological polar surface area (TPSA) is 49.5 Å². The van der Waals surface area contributed by atoms with Crippen LogP contribution in [0.5, 0.6) is 0 Å². The van der Waals surface area contributed by atoms with Crippen LogP contribution < -0.4 is 9.80 Å². The van der Waals surface area contributed by atoms with Crippen LogP contribution >= 0.6 is 0 Å². The van der Waals surface area contributed by atoms with Gasteiger partial charge >= 0.3 is 0 Å². The molecular weight excluding hydrogens is 592 g/mol. The molecule has 48 heavy (non-hydrogen) atoms. The second kappa shape index (κ2) is 14.8. The van der Waals surface area contributed by atoms with Crippen LogP contribution in [0.2, 0.25) is 0 Å². The summed E-state index contributed by atoms with van der Waals surface area (Å²) in [6.45, 7) is 5.95. The molecule has 2 fully saturated rings. The van der Waals surface area contributed by atoms with E-state index >= 15 is 0 Å². The molecule has 5 aromatic rings. The molecule has 0 radical (unpaired) electrons. The Morgan fingerprint density at radius 1 is 0.396 bits per heavy atom. The zero-order chi connectivity index (χ0) is 32.7. The van der Waals surface area contributed by atoms with Gasteiger partial charge in [-0.2, -0.15) is 0 Å². The Kier molecular flexibility index (Phi) is 9.73. The van der Waals surface area contributed by atoms with E-state index in [0.717, 1.165) is 26.2 Å². The molecule has 7 rings (SSSR count). The highest BCUT2D eigenvalue weighted by Crippen LogP contribution is 2.22. The third-order valence-electron chi connectivity index (χ3n) is 10.1. The summed E-state index contributed by atoms with van der Waals surface area (Å²) in [5.74, 6) is -0.0992. The van der Waals surface area contributed by atoms with Crippen LogP contribution in [0, 0.1) is 0 Å². The van der Waals surface area contributed by atoms with Crippen molar-refractivity contribution < 1.29 is 19.4 Å². The van der Waals surface area contributed by atoms with Crippen LogP contribution in [-0.2, 0) is 0 Å². The quantitative estimate of drug-likeness (QED) is 0.271. The molecule has 6 nitrogen and oxygen atoms in total. The van der Waals surface area contributed by atoms with E-state index in [0.29, 0.717) is 37.3 Å². The Balaban J connectivity index is 1.03. The molecule has 2 aliphatic rings. The molecule has 2 saturated heterocycles. The smallest absolute Gasteiger partial charge is 0.255 e. The maximum atomic E-state index is 14.0. The number of benzene rings is 5. The number of quaternary nitrogens is 2. The van der Waals surface area contributed by atoms with Crippen molar-refractivity contribution in [3.8, 4) is 0 Å². The summed E-state index contributed by atoms with van der Waals surface area (Å²) >= 11 is 0. The lowest BCUT2D eigenvalue weighted by molar-refractivity contribution is -0.929. The third kappa shape index (κ3) is 6.82. The number of carbonyl (C=O) groups is 2. The molecule has 2 aliphatic heterocycles. The molecule has 5 aromatic carbocycles. The molecule has 6 heteroatoms. The van der Waals surface area contributed by atoms with E-state index in [2.05, 4.69) is 121 Å². The van der Waals surface area contributed by atoms with Gasteiger partial charge in [-0.15, -0.1) is 0 Å². The van der Waals surface area contributed by atoms with Gasteiger partial charge in [-0.05, 0) is 12.1 Å². The molecule has 0 bridgehead atoms. The van der Waals surface area contributed by atoms with Crippen molar-refractivity contribution in [3.63, 3.8) is 0 Å². The summed E-state index contributed by atoms with van der Waals surface area (Å²) in [7, 11) is 0. The lowest BCUT2D eigenvalue weighted by Crippen LogP contribution is -3.15. The molecule has 0 aromatic heterocycles. The number of hydrogen-bond acceptors (Lipinski definition) is 2. The number of hydrogen-bond donors (Lipinski definition) is 2.